The Morgan fingerprint density at radius 3 is 2.81 bits per heavy atom. The van der Waals surface area contributed by atoms with Crippen molar-refractivity contribution in [1.82, 2.24) is 10.7 Å². The average molecular weight is 386 g/mol. The molecule has 0 saturated carbocycles. The summed E-state index contributed by atoms with van der Waals surface area (Å²) in [6.07, 6.45) is 0. The number of fused-ring (bicyclic) bond motifs is 1. The Hall–Kier alpha value is -3.20. The van der Waals surface area contributed by atoms with Crippen molar-refractivity contribution in [2.24, 2.45) is 5.10 Å². The van der Waals surface area contributed by atoms with Gasteiger partial charge in [0.25, 0.3) is 5.69 Å². The molecule has 1 aliphatic heterocycles. The number of hydrazone groups is 1. The lowest BCUT2D eigenvalue weighted by atomic mass is 10.1. The van der Waals surface area contributed by atoms with Crippen LogP contribution in [0.1, 0.15) is 23.6 Å². The topological polar surface area (TPSA) is 98.0 Å². The molecule has 0 aliphatic carbocycles. The number of rotatable bonds is 5. The van der Waals surface area contributed by atoms with Crippen molar-refractivity contribution in [3.63, 3.8) is 0 Å². The third-order valence-corrected chi connectivity index (χ3v) is 4.27. The Balaban J connectivity index is 1.58. The molecule has 8 nitrogen and oxygen atoms in total. The maximum absolute atomic E-state index is 11.1. The van der Waals surface area contributed by atoms with E-state index < -0.39 is 4.92 Å². The molecule has 0 radical (unpaired) electrons. The van der Waals surface area contributed by atoms with Crippen LogP contribution in [0.15, 0.2) is 41.5 Å². The molecule has 0 aromatic heterocycles. The molecular weight excluding hydrogens is 368 g/mol. The van der Waals surface area contributed by atoms with E-state index in [-0.39, 0.29) is 12.5 Å². The van der Waals surface area contributed by atoms with Crippen molar-refractivity contribution >= 4 is 28.7 Å². The summed E-state index contributed by atoms with van der Waals surface area (Å²) in [5, 5.41) is 18.6. The summed E-state index contributed by atoms with van der Waals surface area (Å²) >= 11 is 5.22. The first kappa shape index (κ1) is 18.6. The number of nitrogens with zero attached hydrogens (tertiary/aromatic N) is 2. The van der Waals surface area contributed by atoms with Crippen molar-refractivity contribution < 1.29 is 14.4 Å². The van der Waals surface area contributed by atoms with Gasteiger partial charge in [-0.15, -0.1) is 0 Å². The molecule has 2 aromatic carbocycles. The lowest BCUT2D eigenvalue weighted by Crippen LogP contribution is -2.32. The van der Waals surface area contributed by atoms with Crippen LogP contribution in [0.4, 0.5) is 5.69 Å². The second kappa shape index (κ2) is 8.00. The minimum atomic E-state index is -0.406. The maximum Gasteiger partial charge on any atom is 0.272 e. The molecule has 1 aliphatic rings. The van der Waals surface area contributed by atoms with E-state index in [1.54, 1.807) is 26.0 Å². The highest BCUT2D eigenvalue weighted by Crippen LogP contribution is 2.32. The van der Waals surface area contributed by atoms with Gasteiger partial charge in [0.15, 0.2) is 16.6 Å². The number of hydrogen-bond acceptors (Lipinski definition) is 6. The molecular formula is C18H18N4O4S. The molecule has 1 heterocycles. The van der Waals surface area contributed by atoms with Gasteiger partial charge in [0.05, 0.1) is 10.6 Å². The second-order valence-corrected chi connectivity index (χ2v) is 6.35. The summed E-state index contributed by atoms with van der Waals surface area (Å²) in [6.45, 7) is 4.17. The lowest BCUT2D eigenvalue weighted by Gasteiger charge is -2.09. The molecule has 140 valence electrons. The van der Waals surface area contributed by atoms with E-state index in [0.29, 0.717) is 34.2 Å². The predicted molar refractivity (Wildman–Crippen MR) is 105 cm³/mol. The fraction of sp³-hybridized carbons (Fsp3) is 0.222. The van der Waals surface area contributed by atoms with Gasteiger partial charge in [-0.1, -0.05) is 18.2 Å². The first-order chi connectivity index (χ1) is 12.9. The number of aryl methyl sites for hydroxylation is 1. The first-order valence-corrected chi connectivity index (χ1v) is 8.57. The third kappa shape index (κ3) is 4.50. The van der Waals surface area contributed by atoms with Gasteiger partial charge >= 0.3 is 0 Å². The number of nitrogens with one attached hydrogen (secondary N) is 2. The van der Waals surface area contributed by atoms with Crippen molar-refractivity contribution in [3.8, 4) is 11.5 Å². The van der Waals surface area contributed by atoms with E-state index in [2.05, 4.69) is 15.8 Å². The lowest BCUT2D eigenvalue weighted by molar-refractivity contribution is -0.385. The van der Waals surface area contributed by atoms with Crippen LogP contribution in [0, 0.1) is 17.0 Å². The highest BCUT2D eigenvalue weighted by Gasteiger charge is 2.14. The van der Waals surface area contributed by atoms with Gasteiger partial charge in [0, 0.05) is 23.7 Å². The summed E-state index contributed by atoms with van der Waals surface area (Å²) in [5.41, 5.74) is 5.64. The summed E-state index contributed by atoms with van der Waals surface area (Å²) in [6, 6.07) is 10.6. The van der Waals surface area contributed by atoms with Gasteiger partial charge in [-0.2, -0.15) is 5.10 Å². The zero-order valence-electron chi connectivity index (χ0n) is 14.8. The van der Waals surface area contributed by atoms with Crippen LogP contribution >= 0.6 is 12.2 Å². The summed E-state index contributed by atoms with van der Waals surface area (Å²) in [5.74, 6) is 1.44. The number of nitro benzene ring substituents is 1. The van der Waals surface area contributed by atoms with Crippen LogP contribution in [-0.2, 0) is 6.54 Å². The number of ether oxygens (including phenoxy) is 2. The Morgan fingerprint density at radius 2 is 2.04 bits per heavy atom. The summed E-state index contributed by atoms with van der Waals surface area (Å²) in [7, 11) is 0. The van der Waals surface area contributed by atoms with Crippen LogP contribution in [0.5, 0.6) is 11.5 Å². The van der Waals surface area contributed by atoms with E-state index in [9.17, 15) is 10.1 Å². The largest absolute Gasteiger partial charge is 0.454 e. The molecule has 0 bridgehead atoms. The van der Waals surface area contributed by atoms with Crippen molar-refractivity contribution in [3.05, 3.63) is 63.2 Å². The van der Waals surface area contributed by atoms with Gasteiger partial charge in [0.1, 0.15) is 0 Å². The normalized spacial score (nSPS) is 12.6. The van der Waals surface area contributed by atoms with Crippen LogP contribution in [-0.4, -0.2) is 22.5 Å². The third-order valence-electron chi connectivity index (χ3n) is 4.04. The predicted octanol–water partition coefficient (Wildman–Crippen LogP) is 3.02. The van der Waals surface area contributed by atoms with Crippen LogP contribution in [0.2, 0.25) is 0 Å². The minimum Gasteiger partial charge on any atom is -0.454 e. The van der Waals surface area contributed by atoms with E-state index >= 15 is 0 Å². The van der Waals surface area contributed by atoms with E-state index in [4.69, 9.17) is 21.7 Å². The molecule has 0 fully saturated rings. The fourth-order valence-corrected chi connectivity index (χ4v) is 2.62. The molecule has 0 unspecified atom stereocenters. The maximum atomic E-state index is 11.1. The van der Waals surface area contributed by atoms with Crippen molar-refractivity contribution in [2.75, 3.05) is 6.79 Å². The van der Waals surface area contributed by atoms with Gasteiger partial charge in [-0.3, -0.25) is 15.5 Å². The molecule has 0 atom stereocenters. The second-order valence-electron chi connectivity index (χ2n) is 5.94. The molecule has 27 heavy (non-hydrogen) atoms. The zero-order valence-corrected chi connectivity index (χ0v) is 15.6. The van der Waals surface area contributed by atoms with Gasteiger partial charge < -0.3 is 14.8 Å². The van der Waals surface area contributed by atoms with E-state index in [1.807, 2.05) is 18.2 Å². The molecule has 2 aromatic rings. The van der Waals surface area contributed by atoms with Crippen LogP contribution < -0.4 is 20.2 Å². The Labute approximate surface area is 161 Å². The van der Waals surface area contributed by atoms with Crippen LogP contribution in [0.25, 0.3) is 0 Å². The highest BCUT2D eigenvalue weighted by atomic mass is 32.1. The standard InChI is InChI=1S/C18H18N4O4S/c1-11-3-5-14(8-15(11)22(23)24)12(2)20-21-18(27)19-9-13-4-6-16-17(7-13)26-10-25-16/h3-8H,9-10H2,1-2H3,(H2,19,21,27)/b20-12-. The Kier molecular flexibility index (Phi) is 5.51. The van der Waals surface area contributed by atoms with Crippen molar-refractivity contribution in [1.29, 1.82) is 0 Å². The van der Waals surface area contributed by atoms with E-state index in [0.717, 1.165) is 11.3 Å². The van der Waals surface area contributed by atoms with Gasteiger partial charge in [-0.05, 0) is 43.8 Å². The number of hydrogen-bond donors (Lipinski definition) is 2. The Morgan fingerprint density at radius 1 is 1.26 bits per heavy atom. The van der Waals surface area contributed by atoms with E-state index in [1.165, 1.54) is 6.07 Å². The van der Waals surface area contributed by atoms with Crippen molar-refractivity contribution in [2.45, 2.75) is 20.4 Å². The molecule has 0 amide bonds. The summed E-state index contributed by atoms with van der Waals surface area (Å²) < 4.78 is 10.6. The van der Waals surface area contributed by atoms with Crippen LogP contribution in [0.3, 0.4) is 0 Å². The molecule has 2 N–H and O–H groups in total. The zero-order chi connectivity index (χ0) is 19.4. The SMILES string of the molecule is C/C(=N/NC(=S)NCc1ccc2c(c1)OCO2)c1ccc(C)c([N+](=O)[O-])c1. The summed E-state index contributed by atoms with van der Waals surface area (Å²) in [4.78, 5) is 10.7. The smallest absolute Gasteiger partial charge is 0.272 e. The highest BCUT2D eigenvalue weighted by molar-refractivity contribution is 7.80. The molecule has 9 heteroatoms. The first-order valence-electron chi connectivity index (χ1n) is 8.16. The molecule has 0 spiro atoms. The molecule has 3 rings (SSSR count). The fourth-order valence-electron chi connectivity index (χ4n) is 2.50. The quantitative estimate of drug-likeness (QED) is 0.353. The number of benzene rings is 2. The van der Waals surface area contributed by atoms with Gasteiger partial charge in [-0.25, -0.2) is 0 Å². The monoisotopic (exact) mass is 386 g/mol. The number of thiocarbonyl (C=S) groups is 1. The van der Waals surface area contributed by atoms with Gasteiger partial charge in [0.2, 0.25) is 6.79 Å². The minimum absolute atomic E-state index is 0.0607. The average Bonchev–Trinajstić information content (AvgIpc) is 3.12. The number of nitro groups is 1. The Bertz CT molecular complexity index is 930. The molecule has 0 saturated heterocycles.